The maximum atomic E-state index is 12.7. The first kappa shape index (κ1) is 16.1. The minimum atomic E-state index is -4.22. The fourth-order valence-electron chi connectivity index (χ4n) is 3.27. The topological polar surface area (TPSA) is 66.4 Å². The Hall–Kier alpha value is -1.27. The molecule has 2 N–H and O–H groups in total. The third kappa shape index (κ3) is 3.68. The van der Waals surface area contributed by atoms with Crippen molar-refractivity contribution in [3.05, 3.63) is 0 Å². The summed E-state index contributed by atoms with van der Waals surface area (Å²) < 4.78 is 38.1. The highest BCUT2D eigenvalue weighted by Crippen LogP contribution is 2.44. The molecule has 0 saturated heterocycles. The van der Waals surface area contributed by atoms with E-state index in [0.29, 0.717) is 25.7 Å². The Morgan fingerprint density at radius 3 is 2.33 bits per heavy atom. The SMILES string of the molecule is O=C(CC1(C(=O)O)CCC1)NC1CCCC(C(F)(F)F)C1. The lowest BCUT2D eigenvalue weighted by Gasteiger charge is -2.38. The van der Waals surface area contributed by atoms with E-state index in [1.807, 2.05) is 0 Å². The zero-order valence-corrected chi connectivity index (χ0v) is 11.7. The van der Waals surface area contributed by atoms with Gasteiger partial charge in [-0.2, -0.15) is 13.2 Å². The highest BCUT2D eigenvalue weighted by atomic mass is 19.4. The van der Waals surface area contributed by atoms with Crippen LogP contribution in [0.1, 0.15) is 51.4 Å². The predicted molar refractivity (Wildman–Crippen MR) is 68.5 cm³/mol. The van der Waals surface area contributed by atoms with Gasteiger partial charge in [-0.05, 0) is 32.1 Å². The summed E-state index contributed by atoms with van der Waals surface area (Å²) in [5.41, 5.74) is -0.998. The smallest absolute Gasteiger partial charge is 0.391 e. The molecule has 4 nitrogen and oxygen atoms in total. The Balaban J connectivity index is 1.86. The van der Waals surface area contributed by atoms with Gasteiger partial charge in [-0.1, -0.05) is 12.8 Å². The van der Waals surface area contributed by atoms with E-state index >= 15 is 0 Å². The maximum Gasteiger partial charge on any atom is 0.391 e. The first-order valence-corrected chi connectivity index (χ1v) is 7.32. The second-order valence-electron chi connectivity index (χ2n) is 6.29. The highest BCUT2D eigenvalue weighted by molar-refractivity contribution is 5.85. The quantitative estimate of drug-likeness (QED) is 0.839. The van der Waals surface area contributed by atoms with E-state index in [4.69, 9.17) is 5.11 Å². The van der Waals surface area contributed by atoms with Crippen molar-refractivity contribution in [3.8, 4) is 0 Å². The van der Waals surface area contributed by atoms with Gasteiger partial charge in [0.05, 0.1) is 11.3 Å². The molecule has 0 bridgehead atoms. The Bertz CT molecular complexity index is 418. The molecule has 0 aliphatic heterocycles. The molecule has 2 rings (SSSR count). The lowest BCUT2D eigenvalue weighted by Crippen LogP contribution is -2.46. The van der Waals surface area contributed by atoms with Crippen molar-refractivity contribution < 1.29 is 27.9 Å². The Morgan fingerprint density at radius 2 is 1.86 bits per heavy atom. The Labute approximate surface area is 121 Å². The van der Waals surface area contributed by atoms with Gasteiger partial charge in [0, 0.05) is 12.5 Å². The fraction of sp³-hybridized carbons (Fsp3) is 0.857. The maximum absolute atomic E-state index is 12.7. The largest absolute Gasteiger partial charge is 0.481 e. The minimum absolute atomic E-state index is 0.102. The average Bonchev–Trinajstić information content (AvgIpc) is 2.32. The number of alkyl halides is 3. The summed E-state index contributed by atoms with van der Waals surface area (Å²) >= 11 is 0. The first-order valence-electron chi connectivity index (χ1n) is 7.32. The summed E-state index contributed by atoms with van der Waals surface area (Å²) in [6, 6.07) is -0.496. The van der Waals surface area contributed by atoms with Gasteiger partial charge in [0.1, 0.15) is 0 Å². The number of carbonyl (C=O) groups is 2. The van der Waals surface area contributed by atoms with Crippen LogP contribution in [-0.2, 0) is 9.59 Å². The molecule has 0 heterocycles. The van der Waals surface area contributed by atoms with Crippen molar-refractivity contribution in [3.63, 3.8) is 0 Å². The summed E-state index contributed by atoms with van der Waals surface area (Å²) in [5.74, 6) is -2.79. The molecule has 2 aliphatic rings. The van der Waals surface area contributed by atoms with Crippen LogP contribution in [-0.4, -0.2) is 29.2 Å². The van der Waals surface area contributed by atoms with Gasteiger partial charge < -0.3 is 10.4 Å². The monoisotopic (exact) mass is 307 g/mol. The summed E-state index contributed by atoms with van der Waals surface area (Å²) in [4.78, 5) is 23.1. The Morgan fingerprint density at radius 1 is 1.19 bits per heavy atom. The number of rotatable bonds is 4. The molecule has 2 unspecified atom stereocenters. The van der Waals surface area contributed by atoms with Gasteiger partial charge in [0.25, 0.3) is 0 Å². The van der Waals surface area contributed by atoms with Crippen LogP contribution < -0.4 is 5.32 Å². The summed E-state index contributed by atoms with van der Waals surface area (Å²) in [6.45, 7) is 0. The summed E-state index contributed by atoms with van der Waals surface area (Å²) in [7, 11) is 0. The number of amides is 1. The van der Waals surface area contributed by atoms with Crippen molar-refractivity contribution in [1.29, 1.82) is 0 Å². The molecular formula is C14H20F3NO3. The third-order valence-electron chi connectivity index (χ3n) is 4.77. The number of carboxylic acids is 1. The normalized spacial score (nSPS) is 28.5. The number of nitrogens with one attached hydrogen (secondary N) is 1. The molecule has 2 aliphatic carbocycles. The number of hydrogen-bond donors (Lipinski definition) is 2. The molecule has 0 radical (unpaired) electrons. The number of carbonyl (C=O) groups excluding carboxylic acids is 1. The van der Waals surface area contributed by atoms with Crippen molar-refractivity contribution in [1.82, 2.24) is 5.32 Å². The summed E-state index contributed by atoms with van der Waals surface area (Å²) in [5, 5.41) is 11.8. The van der Waals surface area contributed by atoms with Crippen LogP contribution in [0.25, 0.3) is 0 Å². The van der Waals surface area contributed by atoms with E-state index in [1.165, 1.54) is 0 Å². The lowest BCUT2D eigenvalue weighted by molar-refractivity contribution is -0.184. The first-order chi connectivity index (χ1) is 9.73. The molecule has 2 atom stereocenters. The zero-order valence-electron chi connectivity index (χ0n) is 11.7. The van der Waals surface area contributed by atoms with Gasteiger partial charge >= 0.3 is 12.1 Å². The van der Waals surface area contributed by atoms with E-state index in [0.717, 1.165) is 6.42 Å². The van der Waals surface area contributed by atoms with Crippen molar-refractivity contribution in [2.24, 2.45) is 11.3 Å². The predicted octanol–water partition coefficient (Wildman–Crippen LogP) is 2.87. The van der Waals surface area contributed by atoms with Crippen LogP contribution >= 0.6 is 0 Å². The Kier molecular flexibility index (Phi) is 4.49. The van der Waals surface area contributed by atoms with Crippen LogP contribution in [0.2, 0.25) is 0 Å². The second-order valence-corrected chi connectivity index (χ2v) is 6.29. The number of hydrogen-bond acceptors (Lipinski definition) is 2. The number of aliphatic carboxylic acids is 1. The van der Waals surface area contributed by atoms with Crippen LogP contribution in [0, 0.1) is 11.3 Å². The van der Waals surface area contributed by atoms with Crippen molar-refractivity contribution in [2.45, 2.75) is 63.6 Å². The van der Waals surface area contributed by atoms with E-state index in [2.05, 4.69) is 5.32 Å². The molecule has 21 heavy (non-hydrogen) atoms. The second kappa shape index (κ2) is 5.85. The average molecular weight is 307 g/mol. The fourth-order valence-corrected chi connectivity index (χ4v) is 3.27. The van der Waals surface area contributed by atoms with E-state index in [9.17, 15) is 22.8 Å². The molecule has 120 valence electrons. The van der Waals surface area contributed by atoms with E-state index in [1.54, 1.807) is 0 Å². The molecule has 0 spiro atoms. The van der Waals surface area contributed by atoms with Crippen LogP contribution in [0.3, 0.4) is 0 Å². The molecular weight excluding hydrogens is 287 g/mol. The van der Waals surface area contributed by atoms with Gasteiger partial charge in [0.15, 0.2) is 0 Å². The molecule has 0 aromatic heterocycles. The van der Waals surface area contributed by atoms with Gasteiger partial charge in [0.2, 0.25) is 5.91 Å². The standard InChI is InChI=1S/C14H20F3NO3/c15-14(16,17)9-3-1-4-10(7-9)18-11(19)8-13(12(20)21)5-2-6-13/h9-10H,1-8H2,(H,18,19)(H,20,21). The van der Waals surface area contributed by atoms with Crippen LogP contribution in [0.5, 0.6) is 0 Å². The van der Waals surface area contributed by atoms with Crippen LogP contribution in [0.15, 0.2) is 0 Å². The van der Waals surface area contributed by atoms with E-state index < -0.39 is 35.4 Å². The minimum Gasteiger partial charge on any atom is -0.481 e. The third-order valence-corrected chi connectivity index (χ3v) is 4.77. The molecule has 1 amide bonds. The molecule has 0 aromatic carbocycles. The molecule has 7 heteroatoms. The number of halogens is 3. The van der Waals surface area contributed by atoms with Gasteiger partial charge in [-0.15, -0.1) is 0 Å². The van der Waals surface area contributed by atoms with E-state index in [-0.39, 0.29) is 19.3 Å². The van der Waals surface area contributed by atoms with Crippen LogP contribution in [0.4, 0.5) is 13.2 Å². The molecule has 2 saturated carbocycles. The summed E-state index contributed by atoms with van der Waals surface area (Å²) in [6.07, 6.45) is -1.69. The molecule has 0 aromatic rings. The van der Waals surface area contributed by atoms with Gasteiger partial charge in [-0.3, -0.25) is 9.59 Å². The van der Waals surface area contributed by atoms with Crippen molar-refractivity contribution >= 4 is 11.9 Å². The molecule has 2 fully saturated rings. The lowest BCUT2D eigenvalue weighted by atomic mass is 9.66. The van der Waals surface area contributed by atoms with Gasteiger partial charge in [-0.25, -0.2) is 0 Å². The number of carboxylic acid groups (broad SMARTS) is 1. The zero-order chi connectivity index (χ0) is 15.7. The van der Waals surface area contributed by atoms with Crippen molar-refractivity contribution in [2.75, 3.05) is 0 Å². The highest BCUT2D eigenvalue weighted by Gasteiger charge is 2.47.